The van der Waals surface area contributed by atoms with Crippen molar-refractivity contribution in [3.8, 4) is 6.07 Å². The summed E-state index contributed by atoms with van der Waals surface area (Å²) in [5.74, 6) is -3.37. The number of nitrogens with zero attached hydrogens (tertiary/aromatic N) is 3. The Kier molecular flexibility index (Phi) is 7.09. The molecule has 0 unspecified atom stereocenters. The van der Waals surface area contributed by atoms with E-state index in [1.807, 2.05) is 13.8 Å². The Bertz CT molecular complexity index is 1800. The molecule has 0 saturated carbocycles. The van der Waals surface area contributed by atoms with Crippen LogP contribution in [0, 0.1) is 28.9 Å². The Labute approximate surface area is 241 Å². The van der Waals surface area contributed by atoms with Gasteiger partial charge >= 0.3 is 0 Å². The molecular formula is C29H29F2N5O5S. The monoisotopic (exact) mass is 597 g/mol. The third-order valence-electron chi connectivity index (χ3n) is 8.06. The first kappa shape index (κ1) is 29.2. The first-order valence-electron chi connectivity index (χ1n) is 13.3. The maximum Gasteiger partial charge on any atom is 0.270 e. The van der Waals surface area contributed by atoms with Gasteiger partial charge in [0.15, 0.2) is 9.84 Å². The second-order valence-electron chi connectivity index (χ2n) is 11.4. The number of sulfone groups is 1. The van der Waals surface area contributed by atoms with Gasteiger partial charge in [0, 0.05) is 43.4 Å². The van der Waals surface area contributed by atoms with Crippen LogP contribution in [0.25, 0.3) is 10.9 Å². The predicted molar refractivity (Wildman–Crippen MR) is 149 cm³/mol. The fourth-order valence-electron chi connectivity index (χ4n) is 5.91. The van der Waals surface area contributed by atoms with Gasteiger partial charge in [-0.15, -0.1) is 0 Å². The zero-order valence-electron chi connectivity index (χ0n) is 23.4. The Morgan fingerprint density at radius 2 is 1.93 bits per heavy atom. The van der Waals surface area contributed by atoms with Crippen molar-refractivity contribution >= 4 is 44.1 Å². The number of hydrogen-bond acceptors (Lipinski definition) is 6. The van der Waals surface area contributed by atoms with E-state index >= 15 is 0 Å². The first-order valence-corrected chi connectivity index (χ1v) is 15.2. The fraction of sp³-hybridized carbons (Fsp3) is 0.379. The molecule has 1 fully saturated rings. The number of amides is 3. The molecule has 2 aromatic carbocycles. The molecular weight excluding hydrogens is 568 g/mol. The average molecular weight is 598 g/mol. The van der Waals surface area contributed by atoms with E-state index in [2.05, 4.69) is 16.4 Å². The minimum atomic E-state index is -3.60. The van der Waals surface area contributed by atoms with E-state index in [9.17, 15) is 36.8 Å². The van der Waals surface area contributed by atoms with Crippen LogP contribution < -0.4 is 5.32 Å². The van der Waals surface area contributed by atoms with Crippen molar-refractivity contribution in [3.63, 3.8) is 0 Å². The van der Waals surface area contributed by atoms with Gasteiger partial charge in [0.25, 0.3) is 5.91 Å². The summed E-state index contributed by atoms with van der Waals surface area (Å²) in [4.78, 5) is 46.2. The fourth-order valence-corrected chi connectivity index (χ4v) is 6.55. The zero-order chi connectivity index (χ0) is 30.7. The average Bonchev–Trinajstić information content (AvgIpc) is 3.59. The summed E-state index contributed by atoms with van der Waals surface area (Å²) in [5.41, 5.74) is -0.516. The number of likely N-dealkylation sites (tertiary alicyclic amines) is 1. The van der Waals surface area contributed by atoms with Crippen molar-refractivity contribution in [3.05, 3.63) is 59.3 Å². The van der Waals surface area contributed by atoms with Crippen LogP contribution in [0.3, 0.4) is 0 Å². The number of carbonyl (C=O) groups is 3. The minimum Gasteiger partial charge on any atom is -0.350 e. The Hall–Kier alpha value is -4.31. The highest BCUT2D eigenvalue weighted by molar-refractivity contribution is 7.90. The minimum absolute atomic E-state index is 0.00748. The van der Waals surface area contributed by atoms with Crippen molar-refractivity contribution in [2.45, 2.75) is 49.1 Å². The third kappa shape index (κ3) is 4.79. The van der Waals surface area contributed by atoms with Crippen molar-refractivity contribution in [2.75, 3.05) is 25.2 Å². The number of hydrogen-bond donors (Lipinski definition) is 2. The highest BCUT2D eigenvalue weighted by atomic mass is 32.2. The number of H-pyrrole nitrogens is 1. The number of halogens is 2. The maximum atomic E-state index is 14.3. The number of aromatic nitrogens is 1. The number of benzene rings is 2. The first-order chi connectivity index (χ1) is 19.7. The molecule has 13 heteroatoms. The number of carbonyl (C=O) groups excluding carboxylic acids is 3. The zero-order valence-corrected chi connectivity index (χ0v) is 24.2. The molecule has 2 aliphatic heterocycles. The van der Waals surface area contributed by atoms with Gasteiger partial charge in [-0.05, 0) is 48.2 Å². The number of nitrogens with one attached hydrogen (secondary N) is 2. The Morgan fingerprint density at radius 1 is 1.21 bits per heavy atom. The van der Waals surface area contributed by atoms with Gasteiger partial charge in [0.2, 0.25) is 11.8 Å². The van der Waals surface area contributed by atoms with Crippen LogP contribution in [0.15, 0.2) is 41.3 Å². The lowest BCUT2D eigenvalue weighted by molar-refractivity contribution is -0.136. The number of likely N-dealkylation sites (N-methyl/N-ethyl adjacent to an activating group) is 1. The van der Waals surface area contributed by atoms with Gasteiger partial charge in [-0.3, -0.25) is 14.4 Å². The second kappa shape index (κ2) is 10.2. The lowest BCUT2D eigenvalue weighted by atomic mass is 9.80. The lowest BCUT2D eigenvalue weighted by Gasteiger charge is -2.33. The summed E-state index contributed by atoms with van der Waals surface area (Å²) in [6.07, 6.45) is 1.21. The molecule has 2 aliphatic rings. The molecule has 10 nitrogen and oxygen atoms in total. The smallest absolute Gasteiger partial charge is 0.270 e. The van der Waals surface area contributed by atoms with Crippen molar-refractivity contribution in [2.24, 2.45) is 5.92 Å². The molecule has 0 radical (unpaired) electrons. The molecule has 1 spiro atoms. The second-order valence-corrected chi connectivity index (χ2v) is 13.4. The molecule has 1 saturated heterocycles. The number of aromatic amines is 1. The molecule has 3 aromatic rings. The van der Waals surface area contributed by atoms with Crippen LogP contribution in [-0.2, 0) is 24.8 Å². The van der Waals surface area contributed by atoms with Crippen molar-refractivity contribution < 1.29 is 31.6 Å². The molecule has 5 rings (SSSR count). The summed E-state index contributed by atoms with van der Waals surface area (Å²) >= 11 is 0. The van der Waals surface area contributed by atoms with E-state index in [-0.39, 0.29) is 46.8 Å². The normalized spacial score (nSPS) is 20.6. The quantitative estimate of drug-likeness (QED) is 0.446. The van der Waals surface area contributed by atoms with Gasteiger partial charge in [-0.25, -0.2) is 17.2 Å². The van der Waals surface area contributed by atoms with E-state index in [0.717, 1.165) is 12.3 Å². The molecule has 3 atom stereocenters. The lowest BCUT2D eigenvalue weighted by Crippen LogP contribution is -2.52. The molecule has 0 bridgehead atoms. The van der Waals surface area contributed by atoms with Gasteiger partial charge in [-0.2, -0.15) is 5.26 Å². The van der Waals surface area contributed by atoms with Crippen LogP contribution >= 0.6 is 0 Å². The predicted octanol–water partition coefficient (Wildman–Crippen LogP) is 3.35. The summed E-state index contributed by atoms with van der Waals surface area (Å²) in [7, 11) is -2.19. The van der Waals surface area contributed by atoms with E-state index in [4.69, 9.17) is 0 Å². The van der Waals surface area contributed by atoms with Crippen LogP contribution in [-0.4, -0.2) is 72.9 Å². The Balaban J connectivity index is 1.49. The molecule has 3 amide bonds. The van der Waals surface area contributed by atoms with E-state index in [1.165, 1.54) is 41.1 Å². The molecule has 0 aliphatic carbocycles. The summed E-state index contributed by atoms with van der Waals surface area (Å²) in [6, 6.07) is 7.33. The van der Waals surface area contributed by atoms with Crippen LogP contribution in [0.1, 0.15) is 42.7 Å². The van der Waals surface area contributed by atoms with Gasteiger partial charge in [0.1, 0.15) is 29.4 Å². The largest absolute Gasteiger partial charge is 0.350 e. The van der Waals surface area contributed by atoms with Gasteiger partial charge in [-0.1, -0.05) is 13.8 Å². The maximum absolute atomic E-state index is 14.3. The summed E-state index contributed by atoms with van der Waals surface area (Å²) < 4.78 is 52.5. The summed E-state index contributed by atoms with van der Waals surface area (Å²) in [6.45, 7) is 3.53. The molecule has 3 heterocycles. The topological polar surface area (TPSA) is 143 Å². The number of anilines is 1. The number of fused-ring (bicyclic) bond motifs is 3. The molecule has 42 heavy (non-hydrogen) atoms. The van der Waals surface area contributed by atoms with Crippen LogP contribution in [0.5, 0.6) is 0 Å². The van der Waals surface area contributed by atoms with E-state index in [0.29, 0.717) is 17.3 Å². The number of nitriles is 1. The third-order valence-corrected chi connectivity index (χ3v) is 9.17. The SMILES string of the molecule is CC(C)C[C@@H](C(=O)N1C[C@]2(C[C@H]1C#N)C(=O)Nc1ccc(S(C)(=O)=O)cc12)N(C)C(=O)c1cc2c(F)cc(F)cc2[nH]1. The van der Waals surface area contributed by atoms with E-state index in [1.54, 1.807) is 0 Å². The van der Waals surface area contributed by atoms with Crippen molar-refractivity contribution in [1.82, 2.24) is 14.8 Å². The van der Waals surface area contributed by atoms with Gasteiger partial charge in [0.05, 0.1) is 21.9 Å². The highest BCUT2D eigenvalue weighted by Crippen LogP contribution is 2.47. The highest BCUT2D eigenvalue weighted by Gasteiger charge is 2.57. The van der Waals surface area contributed by atoms with Crippen LogP contribution in [0.4, 0.5) is 14.5 Å². The molecule has 220 valence electrons. The standard InChI is InChI=1S/C29H29F2N5O5S/c1-15(2)7-25(35(3)26(37)24-11-19-21(31)8-16(30)9-23(19)33-24)27(38)36-14-29(12-17(36)13-32)20-10-18(42(4,40)41)5-6-22(20)34-28(29)39/h5-6,8-11,15,17,25,33H,7,12,14H2,1-4H3,(H,34,39)/t17-,25-,29-/m0/s1. The van der Waals surface area contributed by atoms with Gasteiger partial charge < -0.3 is 20.1 Å². The van der Waals surface area contributed by atoms with Crippen molar-refractivity contribution in [1.29, 1.82) is 5.26 Å². The number of rotatable bonds is 6. The Morgan fingerprint density at radius 3 is 2.57 bits per heavy atom. The molecule has 1 aromatic heterocycles. The molecule has 2 N–H and O–H groups in total. The summed E-state index contributed by atoms with van der Waals surface area (Å²) in [5, 5.41) is 12.8. The van der Waals surface area contributed by atoms with Crippen LogP contribution in [0.2, 0.25) is 0 Å². The van der Waals surface area contributed by atoms with E-state index < -0.39 is 56.7 Å².